The van der Waals surface area contributed by atoms with Gasteiger partial charge in [-0.25, -0.2) is 9.78 Å². The van der Waals surface area contributed by atoms with E-state index in [4.69, 9.17) is 15.6 Å². The summed E-state index contributed by atoms with van der Waals surface area (Å²) in [6.07, 6.45) is 0.0329. The van der Waals surface area contributed by atoms with Crippen molar-refractivity contribution in [3.05, 3.63) is 50.4 Å². The van der Waals surface area contributed by atoms with Gasteiger partial charge < -0.3 is 30.6 Å². The fourth-order valence-corrected chi connectivity index (χ4v) is 4.08. The number of nitrogens with one attached hydrogen (secondary N) is 2. The first-order valence-electron chi connectivity index (χ1n) is 9.31. The number of rotatable bonds is 4. The van der Waals surface area contributed by atoms with Crippen molar-refractivity contribution in [2.45, 2.75) is 19.9 Å². The van der Waals surface area contributed by atoms with Crippen molar-refractivity contribution in [1.82, 2.24) is 9.97 Å². The van der Waals surface area contributed by atoms with Gasteiger partial charge in [-0.2, -0.15) is 0 Å². The summed E-state index contributed by atoms with van der Waals surface area (Å²) in [5.74, 6) is -1.56. The third-order valence-corrected chi connectivity index (χ3v) is 5.73. The van der Waals surface area contributed by atoms with Gasteiger partial charge in [0.05, 0.1) is 24.6 Å². The number of carboxylic acid groups (broad SMARTS) is 1. The zero-order chi connectivity index (χ0) is 23.4. The van der Waals surface area contributed by atoms with E-state index in [0.29, 0.717) is 38.6 Å². The molecule has 1 aromatic carbocycles. The Bertz CT molecular complexity index is 1270. The van der Waals surface area contributed by atoms with E-state index >= 15 is 0 Å². The summed E-state index contributed by atoms with van der Waals surface area (Å²) in [6.45, 7) is 2.24. The number of fused-ring (bicyclic) bond motifs is 2. The first kappa shape index (κ1) is 25.8. The number of carboxylic acids is 1. The van der Waals surface area contributed by atoms with Gasteiger partial charge in [0.1, 0.15) is 10.6 Å². The summed E-state index contributed by atoms with van der Waals surface area (Å²) in [7, 11) is 1.28. The number of benzene rings is 1. The minimum atomic E-state index is -1.31. The van der Waals surface area contributed by atoms with Crippen LogP contribution in [0.5, 0.6) is 5.75 Å². The standard InChI is InChI=1S/C11H10N2O5S.C9H10N2O2.ClH/c1-4-5(3-6(14)18-2)19-10-7(4)9(15)12-8(13-10)11(16)17;10-4-6-1-2-8-7(3-6)11-9(12)5-13-8;/h3H2,1-2H3,(H,16,17)(H,12,13,15);1-3H,4-5,10H2,(H,11,12);1H. The number of aromatic nitrogens is 2. The summed E-state index contributed by atoms with van der Waals surface area (Å²) in [5.41, 5.74) is 7.25. The molecule has 13 heteroatoms. The molecule has 0 atom stereocenters. The molecule has 0 bridgehead atoms. The molecule has 1 aliphatic rings. The fraction of sp³-hybridized carbons (Fsp3) is 0.250. The predicted octanol–water partition coefficient (Wildman–Crippen LogP) is 1.60. The molecule has 1 amide bonds. The predicted molar refractivity (Wildman–Crippen MR) is 123 cm³/mol. The average molecular weight is 497 g/mol. The van der Waals surface area contributed by atoms with Crippen molar-refractivity contribution in [1.29, 1.82) is 0 Å². The van der Waals surface area contributed by atoms with E-state index in [1.165, 1.54) is 7.11 Å². The van der Waals surface area contributed by atoms with Gasteiger partial charge in [0.2, 0.25) is 5.82 Å². The van der Waals surface area contributed by atoms with E-state index in [1.54, 1.807) is 6.92 Å². The van der Waals surface area contributed by atoms with Gasteiger partial charge in [-0.05, 0) is 30.2 Å². The molecule has 33 heavy (non-hydrogen) atoms. The highest BCUT2D eigenvalue weighted by molar-refractivity contribution is 7.18. The van der Waals surface area contributed by atoms with Gasteiger partial charge >= 0.3 is 11.9 Å². The lowest BCUT2D eigenvalue weighted by Gasteiger charge is -2.18. The molecule has 4 rings (SSSR count). The van der Waals surface area contributed by atoms with Gasteiger partial charge in [-0.3, -0.25) is 14.4 Å². The second-order valence-corrected chi connectivity index (χ2v) is 7.76. The Labute approximate surface area is 197 Å². The van der Waals surface area contributed by atoms with E-state index in [0.717, 1.165) is 16.9 Å². The Morgan fingerprint density at radius 3 is 2.70 bits per heavy atom. The third kappa shape index (κ3) is 5.86. The Hall–Kier alpha value is -3.48. The van der Waals surface area contributed by atoms with E-state index in [9.17, 15) is 19.2 Å². The monoisotopic (exact) mass is 496 g/mol. The molecular weight excluding hydrogens is 476 g/mol. The molecule has 2 aromatic heterocycles. The highest BCUT2D eigenvalue weighted by atomic mass is 35.5. The first-order valence-corrected chi connectivity index (χ1v) is 10.1. The summed E-state index contributed by atoms with van der Waals surface area (Å²) < 4.78 is 9.75. The second kappa shape index (κ2) is 10.9. The molecule has 3 aromatic rings. The normalized spacial score (nSPS) is 11.8. The van der Waals surface area contributed by atoms with Crippen LogP contribution in [0.25, 0.3) is 10.2 Å². The SMILES string of the molecule is COC(=O)Cc1sc2nc(C(=O)O)[nH]c(=O)c2c1C.Cl.NCc1ccc2c(c1)NC(=O)CO2. The Morgan fingerprint density at radius 2 is 2.06 bits per heavy atom. The molecule has 0 unspecified atom stereocenters. The van der Waals surface area contributed by atoms with Crippen LogP contribution in [0, 0.1) is 6.92 Å². The molecule has 0 radical (unpaired) electrons. The number of nitrogens with two attached hydrogens (primary N) is 1. The van der Waals surface area contributed by atoms with Crippen LogP contribution in [0.15, 0.2) is 23.0 Å². The van der Waals surface area contributed by atoms with Crippen molar-refractivity contribution < 1.29 is 29.0 Å². The number of thiophene rings is 1. The van der Waals surface area contributed by atoms with Crippen LogP contribution >= 0.6 is 23.7 Å². The molecule has 0 spiro atoms. The van der Waals surface area contributed by atoms with Gasteiger partial charge in [-0.1, -0.05) is 6.07 Å². The quantitative estimate of drug-likeness (QED) is 0.391. The van der Waals surface area contributed by atoms with Crippen LogP contribution in [0.2, 0.25) is 0 Å². The van der Waals surface area contributed by atoms with Gasteiger partial charge in [-0.15, -0.1) is 23.7 Å². The topological polar surface area (TPSA) is 174 Å². The molecule has 0 fully saturated rings. The van der Waals surface area contributed by atoms with Crippen LogP contribution in [-0.2, 0) is 27.3 Å². The van der Waals surface area contributed by atoms with Crippen LogP contribution in [0.3, 0.4) is 0 Å². The number of amides is 1. The minimum absolute atomic E-state index is 0. The van der Waals surface area contributed by atoms with E-state index < -0.39 is 23.3 Å². The molecular formula is C20H21ClN4O7S. The number of hydrogen-bond acceptors (Lipinski definition) is 9. The molecule has 0 saturated heterocycles. The number of ether oxygens (including phenoxy) is 2. The van der Waals surface area contributed by atoms with Gasteiger partial charge in [0, 0.05) is 11.4 Å². The molecule has 176 valence electrons. The number of methoxy groups -OCH3 is 1. The first-order chi connectivity index (χ1) is 15.2. The maximum Gasteiger partial charge on any atom is 0.372 e. The summed E-state index contributed by atoms with van der Waals surface area (Å²) in [6, 6.07) is 5.53. The fourth-order valence-electron chi connectivity index (χ4n) is 2.92. The number of esters is 1. The van der Waals surface area contributed by atoms with Crippen LogP contribution < -0.4 is 21.3 Å². The number of H-pyrrole nitrogens is 1. The van der Waals surface area contributed by atoms with E-state index in [-0.39, 0.29) is 31.3 Å². The van der Waals surface area contributed by atoms with Crippen molar-refractivity contribution in [3.8, 4) is 5.75 Å². The average Bonchev–Trinajstić information content (AvgIpc) is 3.08. The Kier molecular flexibility index (Phi) is 8.51. The molecule has 0 aliphatic carbocycles. The number of carbonyl (C=O) groups is 3. The highest BCUT2D eigenvalue weighted by Gasteiger charge is 2.18. The lowest BCUT2D eigenvalue weighted by atomic mass is 10.1. The largest absolute Gasteiger partial charge is 0.482 e. The highest BCUT2D eigenvalue weighted by Crippen LogP contribution is 2.28. The smallest absolute Gasteiger partial charge is 0.372 e. The van der Waals surface area contributed by atoms with Gasteiger partial charge in [0.15, 0.2) is 6.61 Å². The zero-order valence-corrected chi connectivity index (χ0v) is 19.2. The molecule has 3 heterocycles. The van der Waals surface area contributed by atoms with E-state index in [2.05, 4.69) is 20.0 Å². The Balaban J connectivity index is 0.000000241. The Morgan fingerprint density at radius 1 is 1.33 bits per heavy atom. The molecule has 11 nitrogen and oxygen atoms in total. The number of aromatic carboxylic acids is 1. The second-order valence-electron chi connectivity index (χ2n) is 6.67. The maximum atomic E-state index is 11.8. The number of hydrogen-bond donors (Lipinski definition) is 4. The zero-order valence-electron chi connectivity index (χ0n) is 17.6. The van der Waals surface area contributed by atoms with E-state index in [1.807, 2.05) is 18.2 Å². The lowest BCUT2D eigenvalue weighted by molar-refractivity contribution is -0.139. The lowest BCUT2D eigenvalue weighted by Crippen LogP contribution is -2.25. The number of halogens is 1. The van der Waals surface area contributed by atoms with Gasteiger partial charge in [0.25, 0.3) is 11.5 Å². The van der Waals surface area contributed by atoms with Crippen molar-refractivity contribution in [2.24, 2.45) is 5.73 Å². The van der Waals surface area contributed by atoms with Crippen LogP contribution in [-0.4, -0.2) is 46.6 Å². The van der Waals surface area contributed by atoms with Crippen molar-refractivity contribution in [2.75, 3.05) is 19.0 Å². The molecule has 0 saturated carbocycles. The summed E-state index contributed by atoms with van der Waals surface area (Å²) in [5, 5.41) is 11.9. The molecule has 1 aliphatic heterocycles. The van der Waals surface area contributed by atoms with Crippen molar-refractivity contribution >= 4 is 57.5 Å². The molecule has 5 N–H and O–H groups in total. The number of carbonyl (C=O) groups excluding carboxylic acids is 2. The number of anilines is 1. The maximum absolute atomic E-state index is 11.8. The number of aryl methyl sites for hydroxylation is 1. The van der Waals surface area contributed by atoms with Crippen LogP contribution in [0.4, 0.5) is 5.69 Å². The summed E-state index contributed by atoms with van der Waals surface area (Å²) >= 11 is 1.12. The van der Waals surface area contributed by atoms with Crippen molar-refractivity contribution in [3.63, 3.8) is 0 Å². The summed E-state index contributed by atoms with van der Waals surface area (Å²) in [4.78, 5) is 51.8. The number of aromatic amines is 1. The van der Waals surface area contributed by atoms with Crippen LogP contribution in [0.1, 0.15) is 26.6 Å². The minimum Gasteiger partial charge on any atom is -0.482 e. The third-order valence-electron chi connectivity index (χ3n) is 4.55. The number of nitrogens with zero attached hydrogens (tertiary/aromatic N) is 1.